The van der Waals surface area contributed by atoms with Gasteiger partial charge in [-0.3, -0.25) is 14.4 Å². The maximum absolute atomic E-state index is 11.4. The number of aromatic amines is 1. The van der Waals surface area contributed by atoms with Crippen molar-refractivity contribution in [1.82, 2.24) is 20.4 Å². The standard InChI is InChI=1S/C9H12N4O3/c1-13(2)8(15)5-10-9(16)6-3-4-7(14)12-11-6/h3-4H,5H2,1-2H3,(H,10,16)(H,12,14). The molecule has 0 aliphatic rings. The Bertz CT molecular complexity index is 432. The SMILES string of the molecule is CN(C)C(=O)CNC(=O)c1ccc(=O)[nH]n1. The zero-order valence-electron chi connectivity index (χ0n) is 8.98. The Morgan fingerprint density at radius 2 is 2.12 bits per heavy atom. The highest BCUT2D eigenvalue weighted by Gasteiger charge is 2.10. The molecule has 0 aromatic carbocycles. The van der Waals surface area contributed by atoms with E-state index in [1.165, 1.54) is 17.0 Å². The van der Waals surface area contributed by atoms with Gasteiger partial charge in [-0.1, -0.05) is 0 Å². The maximum Gasteiger partial charge on any atom is 0.272 e. The van der Waals surface area contributed by atoms with Crippen molar-refractivity contribution < 1.29 is 9.59 Å². The minimum absolute atomic E-state index is 0.0613. The van der Waals surface area contributed by atoms with Crippen molar-refractivity contribution in [3.63, 3.8) is 0 Å². The summed E-state index contributed by atoms with van der Waals surface area (Å²) in [4.78, 5) is 34.6. The molecule has 2 amide bonds. The van der Waals surface area contributed by atoms with E-state index in [-0.39, 0.29) is 23.7 Å². The van der Waals surface area contributed by atoms with Crippen molar-refractivity contribution >= 4 is 11.8 Å². The lowest BCUT2D eigenvalue weighted by atomic mass is 10.3. The Morgan fingerprint density at radius 1 is 1.44 bits per heavy atom. The van der Waals surface area contributed by atoms with E-state index in [0.717, 1.165) is 0 Å². The monoisotopic (exact) mass is 224 g/mol. The van der Waals surface area contributed by atoms with E-state index in [2.05, 4.69) is 15.5 Å². The molecule has 1 heterocycles. The minimum atomic E-state index is -0.508. The Kier molecular flexibility index (Phi) is 3.76. The van der Waals surface area contributed by atoms with Gasteiger partial charge in [-0.25, -0.2) is 5.10 Å². The molecule has 0 spiro atoms. The molecule has 0 unspecified atom stereocenters. The van der Waals surface area contributed by atoms with Gasteiger partial charge in [-0.15, -0.1) is 0 Å². The van der Waals surface area contributed by atoms with Crippen LogP contribution in [0.2, 0.25) is 0 Å². The number of hydrogen-bond acceptors (Lipinski definition) is 4. The Labute approximate surface area is 91.5 Å². The maximum atomic E-state index is 11.4. The molecule has 7 nitrogen and oxygen atoms in total. The van der Waals surface area contributed by atoms with Gasteiger partial charge in [0.05, 0.1) is 6.54 Å². The first-order valence-corrected chi connectivity index (χ1v) is 4.55. The van der Waals surface area contributed by atoms with Gasteiger partial charge in [-0.05, 0) is 6.07 Å². The Hall–Kier alpha value is -2.18. The number of hydrogen-bond donors (Lipinski definition) is 2. The summed E-state index contributed by atoms with van der Waals surface area (Å²) in [6.45, 7) is -0.105. The summed E-state index contributed by atoms with van der Waals surface area (Å²) in [6.07, 6.45) is 0. The van der Waals surface area contributed by atoms with E-state index >= 15 is 0 Å². The van der Waals surface area contributed by atoms with Gasteiger partial charge in [0.15, 0.2) is 0 Å². The van der Waals surface area contributed by atoms with Crippen LogP contribution in [0.1, 0.15) is 10.5 Å². The second-order valence-electron chi connectivity index (χ2n) is 3.28. The van der Waals surface area contributed by atoms with Gasteiger partial charge >= 0.3 is 0 Å². The lowest BCUT2D eigenvalue weighted by Crippen LogP contribution is -2.36. The molecule has 1 rings (SSSR count). The third-order valence-corrected chi connectivity index (χ3v) is 1.81. The van der Waals surface area contributed by atoms with Crippen molar-refractivity contribution in [2.45, 2.75) is 0 Å². The number of carbonyl (C=O) groups is 2. The predicted molar refractivity (Wildman–Crippen MR) is 55.9 cm³/mol. The highest BCUT2D eigenvalue weighted by atomic mass is 16.2. The first-order valence-electron chi connectivity index (χ1n) is 4.55. The molecule has 0 saturated heterocycles. The van der Waals surface area contributed by atoms with E-state index in [1.807, 2.05) is 0 Å². The van der Waals surface area contributed by atoms with Crippen LogP contribution in [-0.2, 0) is 4.79 Å². The zero-order valence-corrected chi connectivity index (χ0v) is 8.98. The number of H-pyrrole nitrogens is 1. The lowest BCUT2D eigenvalue weighted by Gasteiger charge is -2.10. The van der Waals surface area contributed by atoms with Crippen LogP contribution in [0.3, 0.4) is 0 Å². The molecule has 0 radical (unpaired) electrons. The molecule has 0 bridgehead atoms. The number of likely N-dealkylation sites (N-methyl/N-ethyl adjacent to an activating group) is 1. The van der Waals surface area contributed by atoms with Crippen molar-refractivity contribution in [3.05, 3.63) is 28.2 Å². The fourth-order valence-electron chi connectivity index (χ4n) is 0.876. The van der Waals surface area contributed by atoms with Crippen LogP contribution in [-0.4, -0.2) is 47.6 Å². The van der Waals surface area contributed by atoms with Crippen LogP contribution in [0.15, 0.2) is 16.9 Å². The average Bonchev–Trinajstić information content (AvgIpc) is 2.26. The number of rotatable bonds is 3. The highest BCUT2D eigenvalue weighted by molar-refractivity contribution is 5.94. The molecule has 0 aliphatic heterocycles. The van der Waals surface area contributed by atoms with Gasteiger partial charge < -0.3 is 10.2 Å². The van der Waals surface area contributed by atoms with E-state index in [1.54, 1.807) is 14.1 Å². The molecule has 2 N–H and O–H groups in total. The summed E-state index contributed by atoms with van der Waals surface area (Å²) in [5.74, 6) is -0.732. The van der Waals surface area contributed by atoms with Gasteiger partial charge in [0.1, 0.15) is 5.69 Å². The second kappa shape index (κ2) is 5.06. The first-order chi connectivity index (χ1) is 7.50. The quantitative estimate of drug-likeness (QED) is 0.659. The minimum Gasteiger partial charge on any atom is -0.347 e. The van der Waals surface area contributed by atoms with Crippen LogP contribution in [0.4, 0.5) is 0 Å². The van der Waals surface area contributed by atoms with E-state index in [9.17, 15) is 14.4 Å². The van der Waals surface area contributed by atoms with Gasteiger partial charge in [0.2, 0.25) is 5.91 Å². The van der Waals surface area contributed by atoms with Gasteiger partial charge in [-0.2, -0.15) is 5.10 Å². The fourth-order valence-corrected chi connectivity index (χ4v) is 0.876. The molecule has 86 valence electrons. The number of amides is 2. The summed E-state index contributed by atoms with van der Waals surface area (Å²) in [5, 5.41) is 8.04. The average molecular weight is 224 g/mol. The van der Waals surface area contributed by atoms with Gasteiger partial charge in [0.25, 0.3) is 11.5 Å². The van der Waals surface area contributed by atoms with Crippen LogP contribution in [0.5, 0.6) is 0 Å². The second-order valence-corrected chi connectivity index (χ2v) is 3.28. The normalized spacial score (nSPS) is 9.62. The molecule has 0 atom stereocenters. The lowest BCUT2D eigenvalue weighted by molar-refractivity contribution is -0.127. The van der Waals surface area contributed by atoms with E-state index in [0.29, 0.717) is 0 Å². The molecule has 7 heteroatoms. The summed E-state index contributed by atoms with van der Waals surface area (Å²) in [7, 11) is 3.18. The van der Waals surface area contributed by atoms with Crippen LogP contribution in [0, 0.1) is 0 Å². The number of nitrogens with one attached hydrogen (secondary N) is 2. The van der Waals surface area contributed by atoms with E-state index in [4.69, 9.17) is 0 Å². The van der Waals surface area contributed by atoms with Crippen molar-refractivity contribution in [1.29, 1.82) is 0 Å². The number of carbonyl (C=O) groups excluding carboxylic acids is 2. The Morgan fingerprint density at radius 3 is 2.62 bits per heavy atom. The molecule has 0 saturated carbocycles. The zero-order chi connectivity index (χ0) is 12.1. The van der Waals surface area contributed by atoms with Crippen LogP contribution >= 0.6 is 0 Å². The van der Waals surface area contributed by atoms with Crippen molar-refractivity contribution in [3.8, 4) is 0 Å². The molecule has 16 heavy (non-hydrogen) atoms. The van der Waals surface area contributed by atoms with Crippen LogP contribution in [0.25, 0.3) is 0 Å². The molecular weight excluding hydrogens is 212 g/mol. The molecule has 0 fully saturated rings. The fraction of sp³-hybridized carbons (Fsp3) is 0.333. The summed E-state index contributed by atoms with van der Waals surface area (Å²) >= 11 is 0. The highest BCUT2D eigenvalue weighted by Crippen LogP contribution is 1.88. The molecule has 1 aromatic heterocycles. The van der Waals surface area contributed by atoms with Crippen LogP contribution < -0.4 is 10.9 Å². The Balaban J connectivity index is 2.56. The smallest absolute Gasteiger partial charge is 0.272 e. The third-order valence-electron chi connectivity index (χ3n) is 1.81. The summed E-state index contributed by atoms with van der Waals surface area (Å²) < 4.78 is 0. The molecule has 1 aromatic rings. The van der Waals surface area contributed by atoms with E-state index < -0.39 is 5.91 Å². The van der Waals surface area contributed by atoms with Gasteiger partial charge in [0, 0.05) is 20.2 Å². The number of aromatic nitrogens is 2. The topological polar surface area (TPSA) is 95.2 Å². The third kappa shape index (κ3) is 3.19. The van der Waals surface area contributed by atoms with Crippen molar-refractivity contribution in [2.75, 3.05) is 20.6 Å². The largest absolute Gasteiger partial charge is 0.347 e. The molecular formula is C9H12N4O3. The summed E-state index contributed by atoms with van der Waals surface area (Å²) in [6, 6.07) is 2.48. The first kappa shape index (κ1) is 11.9. The predicted octanol–water partition coefficient (Wildman–Crippen LogP) is -1.41. The molecule has 0 aliphatic carbocycles. The van der Waals surface area contributed by atoms with Crippen molar-refractivity contribution in [2.24, 2.45) is 0 Å². The summed E-state index contributed by atoms with van der Waals surface area (Å²) in [5.41, 5.74) is -0.327. The number of nitrogens with zero attached hydrogens (tertiary/aromatic N) is 2.